The molecule has 1 saturated heterocycles. The van der Waals surface area contributed by atoms with E-state index in [4.69, 9.17) is 4.74 Å². The molecule has 3 rings (SSSR count). The average Bonchev–Trinajstić information content (AvgIpc) is 3.04. The van der Waals surface area contributed by atoms with Crippen LogP contribution in [0.3, 0.4) is 0 Å². The first-order chi connectivity index (χ1) is 10.2. The van der Waals surface area contributed by atoms with Crippen molar-refractivity contribution in [3.05, 3.63) is 53.5 Å². The van der Waals surface area contributed by atoms with Crippen molar-refractivity contribution in [2.45, 2.75) is 25.8 Å². The van der Waals surface area contributed by atoms with E-state index in [9.17, 15) is 0 Å². The molecule has 1 aliphatic rings. The largest absolute Gasteiger partial charge is 0.381 e. The molecule has 0 amide bonds. The van der Waals surface area contributed by atoms with Gasteiger partial charge in [0, 0.05) is 32.2 Å². The second-order valence-electron chi connectivity index (χ2n) is 5.70. The maximum absolute atomic E-state index is 5.44. The number of anilines is 1. The first kappa shape index (κ1) is 14.0. The van der Waals surface area contributed by atoms with Crippen molar-refractivity contribution in [1.82, 2.24) is 9.97 Å². The molecule has 110 valence electrons. The Morgan fingerprint density at radius 1 is 1.24 bits per heavy atom. The van der Waals surface area contributed by atoms with Gasteiger partial charge in [-0.2, -0.15) is 0 Å². The number of aryl methyl sites for hydroxylation is 1. The normalized spacial score (nSPS) is 17.9. The molecule has 0 radical (unpaired) electrons. The number of nitrogens with zero attached hydrogens (tertiary/aromatic N) is 3. The van der Waals surface area contributed by atoms with Crippen molar-refractivity contribution in [3.8, 4) is 0 Å². The Kier molecular flexibility index (Phi) is 4.15. The second-order valence-corrected chi connectivity index (χ2v) is 5.70. The minimum absolute atomic E-state index is 0.416. The highest BCUT2D eigenvalue weighted by Gasteiger charge is 2.20. The van der Waals surface area contributed by atoms with Crippen LogP contribution in [0.2, 0.25) is 0 Å². The third-order valence-electron chi connectivity index (χ3n) is 3.95. The van der Waals surface area contributed by atoms with Crippen molar-refractivity contribution in [3.63, 3.8) is 0 Å². The van der Waals surface area contributed by atoms with E-state index in [0.717, 1.165) is 37.7 Å². The molecule has 1 atom stereocenters. The molecule has 1 aliphatic heterocycles. The highest BCUT2D eigenvalue weighted by atomic mass is 16.5. The molecule has 0 aliphatic carbocycles. The standard InChI is InChI=1S/C17H21N3O/c1-13-3-5-14(6-4-13)10-20(2)17-9-16(18-12-19-17)15-7-8-21-11-15/h3-6,9,12,15H,7-8,10-11H2,1-2H3/t15-/m0/s1. The quantitative estimate of drug-likeness (QED) is 0.864. The van der Waals surface area contributed by atoms with E-state index in [-0.39, 0.29) is 0 Å². The summed E-state index contributed by atoms with van der Waals surface area (Å²) in [6.07, 6.45) is 2.72. The summed E-state index contributed by atoms with van der Waals surface area (Å²) in [6.45, 7) is 4.56. The SMILES string of the molecule is Cc1ccc(CN(C)c2cc([C@H]3CCOC3)ncn2)cc1. The Balaban J connectivity index is 1.73. The lowest BCUT2D eigenvalue weighted by atomic mass is 10.0. The van der Waals surface area contributed by atoms with E-state index in [1.165, 1.54) is 11.1 Å². The Hall–Kier alpha value is -1.94. The Labute approximate surface area is 125 Å². The molecule has 0 saturated carbocycles. The Bertz CT molecular complexity index is 591. The van der Waals surface area contributed by atoms with Crippen molar-refractivity contribution in [2.75, 3.05) is 25.2 Å². The molecule has 21 heavy (non-hydrogen) atoms. The van der Waals surface area contributed by atoms with Crippen LogP contribution in [-0.2, 0) is 11.3 Å². The molecular formula is C17H21N3O. The number of aromatic nitrogens is 2. The number of rotatable bonds is 4. The molecule has 1 aromatic carbocycles. The first-order valence-corrected chi connectivity index (χ1v) is 7.39. The van der Waals surface area contributed by atoms with Gasteiger partial charge in [0.1, 0.15) is 12.1 Å². The van der Waals surface area contributed by atoms with E-state index in [1.54, 1.807) is 6.33 Å². The van der Waals surface area contributed by atoms with E-state index >= 15 is 0 Å². The molecule has 2 heterocycles. The lowest BCUT2D eigenvalue weighted by molar-refractivity contribution is 0.193. The molecule has 0 bridgehead atoms. The van der Waals surface area contributed by atoms with Crippen LogP contribution in [0.15, 0.2) is 36.7 Å². The third-order valence-corrected chi connectivity index (χ3v) is 3.95. The molecule has 4 heteroatoms. The lowest BCUT2D eigenvalue weighted by Gasteiger charge is -2.19. The van der Waals surface area contributed by atoms with Crippen LogP contribution in [0.5, 0.6) is 0 Å². The van der Waals surface area contributed by atoms with Gasteiger partial charge in [-0.25, -0.2) is 9.97 Å². The van der Waals surface area contributed by atoms with Crippen molar-refractivity contribution >= 4 is 5.82 Å². The predicted molar refractivity (Wildman–Crippen MR) is 83.5 cm³/mol. The highest BCUT2D eigenvalue weighted by molar-refractivity contribution is 5.40. The van der Waals surface area contributed by atoms with Gasteiger partial charge in [0.05, 0.1) is 12.3 Å². The third kappa shape index (κ3) is 3.39. The van der Waals surface area contributed by atoms with Crippen molar-refractivity contribution in [1.29, 1.82) is 0 Å². The van der Waals surface area contributed by atoms with Gasteiger partial charge < -0.3 is 9.64 Å². The molecule has 1 fully saturated rings. The fourth-order valence-corrected chi connectivity index (χ4v) is 2.61. The number of hydrogen-bond acceptors (Lipinski definition) is 4. The van der Waals surface area contributed by atoms with Crippen molar-refractivity contribution in [2.24, 2.45) is 0 Å². The summed E-state index contributed by atoms with van der Waals surface area (Å²) in [5.41, 5.74) is 3.66. The summed E-state index contributed by atoms with van der Waals surface area (Å²) in [5.74, 6) is 1.38. The zero-order valence-electron chi connectivity index (χ0n) is 12.6. The number of hydrogen-bond donors (Lipinski definition) is 0. The summed E-state index contributed by atoms with van der Waals surface area (Å²) in [6, 6.07) is 10.7. The molecular weight excluding hydrogens is 262 g/mol. The topological polar surface area (TPSA) is 38.2 Å². The molecule has 4 nitrogen and oxygen atoms in total. The van der Waals surface area contributed by atoms with Crippen LogP contribution in [0.4, 0.5) is 5.82 Å². The van der Waals surface area contributed by atoms with Gasteiger partial charge in [0.15, 0.2) is 0 Å². The van der Waals surface area contributed by atoms with Gasteiger partial charge in [0.2, 0.25) is 0 Å². The second kappa shape index (κ2) is 6.22. The van der Waals surface area contributed by atoms with E-state index in [2.05, 4.69) is 59.2 Å². The van der Waals surface area contributed by atoms with Crippen LogP contribution in [0, 0.1) is 6.92 Å². The van der Waals surface area contributed by atoms with Gasteiger partial charge in [-0.15, -0.1) is 0 Å². The summed E-state index contributed by atoms with van der Waals surface area (Å²) < 4.78 is 5.44. The summed E-state index contributed by atoms with van der Waals surface area (Å²) >= 11 is 0. The number of ether oxygens (including phenoxy) is 1. The maximum atomic E-state index is 5.44. The maximum Gasteiger partial charge on any atom is 0.132 e. The number of benzene rings is 1. The van der Waals surface area contributed by atoms with Gasteiger partial charge in [-0.05, 0) is 18.9 Å². The van der Waals surface area contributed by atoms with Crippen LogP contribution in [0.1, 0.15) is 29.2 Å². The molecule has 0 spiro atoms. The van der Waals surface area contributed by atoms with E-state index in [1.807, 2.05) is 0 Å². The van der Waals surface area contributed by atoms with Crippen LogP contribution >= 0.6 is 0 Å². The Morgan fingerprint density at radius 2 is 2.05 bits per heavy atom. The van der Waals surface area contributed by atoms with Crippen LogP contribution in [-0.4, -0.2) is 30.2 Å². The Morgan fingerprint density at radius 3 is 2.76 bits per heavy atom. The smallest absolute Gasteiger partial charge is 0.132 e. The summed E-state index contributed by atoms with van der Waals surface area (Å²) in [5, 5.41) is 0. The summed E-state index contributed by atoms with van der Waals surface area (Å²) in [7, 11) is 2.07. The fraction of sp³-hybridized carbons (Fsp3) is 0.412. The average molecular weight is 283 g/mol. The zero-order valence-corrected chi connectivity index (χ0v) is 12.6. The minimum Gasteiger partial charge on any atom is -0.381 e. The minimum atomic E-state index is 0.416. The van der Waals surface area contributed by atoms with Gasteiger partial charge in [-0.1, -0.05) is 29.8 Å². The molecule has 1 aromatic heterocycles. The van der Waals surface area contributed by atoms with Gasteiger partial charge in [-0.3, -0.25) is 0 Å². The van der Waals surface area contributed by atoms with E-state index in [0.29, 0.717) is 5.92 Å². The monoisotopic (exact) mass is 283 g/mol. The fourth-order valence-electron chi connectivity index (χ4n) is 2.61. The summed E-state index contributed by atoms with van der Waals surface area (Å²) in [4.78, 5) is 11.0. The zero-order chi connectivity index (χ0) is 14.7. The molecule has 0 N–H and O–H groups in total. The van der Waals surface area contributed by atoms with Gasteiger partial charge in [0.25, 0.3) is 0 Å². The van der Waals surface area contributed by atoms with Gasteiger partial charge >= 0.3 is 0 Å². The van der Waals surface area contributed by atoms with Crippen molar-refractivity contribution < 1.29 is 4.74 Å². The molecule has 2 aromatic rings. The van der Waals surface area contributed by atoms with Crippen LogP contribution < -0.4 is 4.90 Å². The lowest BCUT2D eigenvalue weighted by Crippen LogP contribution is -2.18. The van der Waals surface area contributed by atoms with E-state index < -0.39 is 0 Å². The first-order valence-electron chi connectivity index (χ1n) is 7.39. The van der Waals surface area contributed by atoms with Crippen LogP contribution in [0.25, 0.3) is 0 Å². The molecule has 0 unspecified atom stereocenters. The predicted octanol–water partition coefficient (Wildman–Crippen LogP) is 2.93. The highest BCUT2D eigenvalue weighted by Crippen LogP contribution is 2.25.